The Morgan fingerprint density at radius 2 is 1.14 bits per heavy atom. The molecule has 44 valence electrons. The molecular weight excluding hydrogens is 184 g/mol. The van der Waals surface area contributed by atoms with Crippen molar-refractivity contribution in [3.63, 3.8) is 0 Å². The second-order valence-electron chi connectivity index (χ2n) is 0.408. The van der Waals surface area contributed by atoms with Crippen LogP contribution in [0, 0.1) is 0 Å². The average Bonchev–Trinajstić information content (AvgIpc) is 1.36. The van der Waals surface area contributed by atoms with E-state index in [4.69, 9.17) is 17.5 Å². The van der Waals surface area contributed by atoms with Crippen molar-refractivity contribution in [3.8, 4) is 0 Å². The molecule has 0 aromatic rings. The Morgan fingerprint density at radius 3 is 1.14 bits per heavy atom. The topological polar surface area (TPSA) is 80.3 Å². The zero-order valence-electron chi connectivity index (χ0n) is 2.80. The fourth-order valence-corrected chi connectivity index (χ4v) is 0. The van der Waals surface area contributed by atoms with Crippen LogP contribution in [0.25, 0.3) is 0 Å². The van der Waals surface area contributed by atoms with Crippen LogP contribution in [0.3, 0.4) is 0 Å². The maximum Gasteiger partial charge on any atom is 2.00 e. The van der Waals surface area contributed by atoms with Crippen molar-refractivity contribution < 1.29 is 34.6 Å². The van der Waals surface area contributed by atoms with Gasteiger partial charge >= 0.3 is 17.1 Å². The zero-order chi connectivity index (χ0) is 5.15. The van der Waals surface area contributed by atoms with Crippen LogP contribution in [0.4, 0.5) is 0 Å². The van der Waals surface area contributed by atoms with Gasteiger partial charge in [-0.1, -0.05) is 0 Å². The summed E-state index contributed by atoms with van der Waals surface area (Å²) in [5.74, 6) is 0. The van der Waals surface area contributed by atoms with Crippen molar-refractivity contribution in [1.29, 1.82) is 0 Å². The van der Waals surface area contributed by atoms with Gasteiger partial charge < -0.3 is 9.11 Å². The molecular formula is FeO4S2. The molecule has 0 aliphatic rings. The minimum atomic E-state index is -2.95. The van der Waals surface area contributed by atoms with Gasteiger partial charge in [-0.3, -0.25) is 8.42 Å². The van der Waals surface area contributed by atoms with Crippen LogP contribution in [0.15, 0.2) is 0 Å². The second-order valence-corrected chi connectivity index (χ2v) is 2.86. The van der Waals surface area contributed by atoms with E-state index in [1.54, 1.807) is 0 Å². The first-order valence-corrected chi connectivity index (χ1v) is 3.50. The van der Waals surface area contributed by atoms with Gasteiger partial charge in [-0.15, -0.1) is 0 Å². The van der Waals surface area contributed by atoms with Crippen LogP contribution >= 0.6 is 0 Å². The van der Waals surface area contributed by atoms with Crippen molar-refractivity contribution in [2.45, 2.75) is 0 Å². The summed E-state index contributed by atoms with van der Waals surface area (Å²) < 4.78 is 36.3. The molecule has 0 saturated carbocycles. The van der Waals surface area contributed by atoms with Crippen LogP contribution in [0.2, 0.25) is 0 Å². The molecule has 4 nitrogen and oxygen atoms in total. The van der Waals surface area contributed by atoms with Gasteiger partial charge in [-0.25, -0.2) is 0 Å². The molecule has 0 aliphatic heterocycles. The van der Waals surface area contributed by atoms with E-state index in [9.17, 15) is 0 Å². The molecule has 0 aromatic carbocycles. The van der Waals surface area contributed by atoms with Gasteiger partial charge in [0.15, 0.2) is 0 Å². The maximum absolute atomic E-state index is 9.09. The number of rotatable bonds is 1. The Morgan fingerprint density at radius 1 is 1.00 bits per heavy atom. The Kier molecular flexibility index (Phi) is 7.45. The number of hydrogen-bond donors (Lipinski definition) is 0. The van der Waals surface area contributed by atoms with Crippen molar-refractivity contribution in [3.05, 3.63) is 0 Å². The summed E-state index contributed by atoms with van der Waals surface area (Å²) in [5.41, 5.74) is 0. The molecule has 7 heavy (non-hydrogen) atoms. The predicted octanol–water partition coefficient (Wildman–Crippen LogP) is -1.34. The Hall–Kier alpha value is 0.739. The molecule has 0 amide bonds. The minimum Gasteiger partial charge on any atom is -0.763 e. The second kappa shape index (κ2) is 4.89. The largest absolute Gasteiger partial charge is 2.00 e. The minimum absolute atomic E-state index is 0. The standard InChI is InChI=1S/Fe.H2O4S2/c;1-5(2)6(3)4/h;(H,1,2)(H,3,4)/q+2;/p-2. The zero-order valence-corrected chi connectivity index (χ0v) is 5.54. The predicted molar refractivity (Wildman–Crippen MR) is 17.8 cm³/mol. The smallest absolute Gasteiger partial charge is 0.763 e. The third-order valence-corrected chi connectivity index (χ3v) is 1.00. The summed E-state index contributed by atoms with van der Waals surface area (Å²) in [4.78, 5) is 0. The number of hydrogen-bond acceptors (Lipinski definition) is 4. The van der Waals surface area contributed by atoms with E-state index in [1.807, 2.05) is 0 Å². The molecule has 0 aromatic heterocycles. The summed E-state index contributed by atoms with van der Waals surface area (Å²) in [6.45, 7) is 0. The molecule has 0 radical (unpaired) electrons. The Bertz CT molecular complexity index is 75.7. The molecule has 0 rings (SSSR count). The van der Waals surface area contributed by atoms with E-state index in [0.717, 1.165) is 0 Å². The van der Waals surface area contributed by atoms with E-state index in [2.05, 4.69) is 0 Å². The summed E-state index contributed by atoms with van der Waals surface area (Å²) in [5, 5.41) is 0. The summed E-state index contributed by atoms with van der Waals surface area (Å²) >= 11 is 0. The van der Waals surface area contributed by atoms with Gasteiger partial charge in [-0.2, -0.15) is 0 Å². The van der Waals surface area contributed by atoms with Crippen molar-refractivity contribution in [1.82, 2.24) is 0 Å². The van der Waals surface area contributed by atoms with Gasteiger partial charge in [-0.05, 0) is 0 Å². The maximum atomic E-state index is 9.09. The Balaban J connectivity index is 0. The van der Waals surface area contributed by atoms with Crippen molar-refractivity contribution in [2.24, 2.45) is 0 Å². The van der Waals surface area contributed by atoms with Gasteiger partial charge in [0, 0.05) is 20.2 Å². The van der Waals surface area contributed by atoms with E-state index in [-0.39, 0.29) is 17.1 Å². The van der Waals surface area contributed by atoms with Gasteiger partial charge in [0.2, 0.25) is 0 Å². The molecule has 0 spiro atoms. The van der Waals surface area contributed by atoms with E-state index >= 15 is 0 Å². The molecule has 0 aliphatic carbocycles. The van der Waals surface area contributed by atoms with E-state index < -0.39 is 20.2 Å². The van der Waals surface area contributed by atoms with Gasteiger partial charge in [0.1, 0.15) is 0 Å². The van der Waals surface area contributed by atoms with E-state index in [1.165, 1.54) is 0 Å². The summed E-state index contributed by atoms with van der Waals surface area (Å²) in [7, 11) is -5.90. The van der Waals surface area contributed by atoms with Crippen LogP contribution < -0.4 is 0 Å². The van der Waals surface area contributed by atoms with Crippen LogP contribution in [0.5, 0.6) is 0 Å². The first-order chi connectivity index (χ1) is 2.64. The molecule has 0 heterocycles. The average molecular weight is 184 g/mol. The SMILES string of the molecule is O=S([O-])S(=O)[O-].[Fe+2]. The molecule has 2 unspecified atom stereocenters. The molecule has 0 saturated heterocycles. The first kappa shape index (κ1) is 10.7. The van der Waals surface area contributed by atoms with Crippen LogP contribution in [-0.4, -0.2) is 17.5 Å². The van der Waals surface area contributed by atoms with Gasteiger partial charge in [0.25, 0.3) is 0 Å². The van der Waals surface area contributed by atoms with Crippen molar-refractivity contribution >= 4 is 20.2 Å². The molecule has 0 fully saturated rings. The fourth-order valence-electron chi connectivity index (χ4n) is 0. The molecule has 7 heteroatoms. The summed E-state index contributed by atoms with van der Waals surface area (Å²) in [6.07, 6.45) is 0. The monoisotopic (exact) mass is 184 g/mol. The normalized spacial score (nSPS) is 16.9. The quantitative estimate of drug-likeness (QED) is 0.287. The van der Waals surface area contributed by atoms with Crippen LogP contribution in [0.1, 0.15) is 0 Å². The van der Waals surface area contributed by atoms with Crippen molar-refractivity contribution in [2.75, 3.05) is 0 Å². The van der Waals surface area contributed by atoms with Gasteiger partial charge in [0.05, 0.1) is 0 Å². The third kappa shape index (κ3) is 6.74. The first-order valence-electron chi connectivity index (χ1n) is 0.833. The van der Waals surface area contributed by atoms with E-state index in [0.29, 0.717) is 0 Å². The molecule has 0 bridgehead atoms. The van der Waals surface area contributed by atoms with Crippen LogP contribution in [-0.2, 0) is 37.3 Å². The molecule has 2 atom stereocenters. The Labute approximate surface area is 55.1 Å². The molecule has 0 N–H and O–H groups in total. The fraction of sp³-hybridized carbons (Fsp3) is 0. The summed E-state index contributed by atoms with van der Waals surface area (Å²) in [6, 6.07) is 0. The third-order valence-electron chi connectivity index (χ3n) is 0.111.